The molecule has 8 nitrogen and oxygen atoms in total. The van der Waals surface area contributed by atoms with Crippen LogP contribution in [0.3, 0.4) is 0 Å². The molecular weight excluding hydrogens is 522 g/mol. The van der Waals surface area contributed by atoms with Crippen LogP contribution in [0.25, 0.3) is 56.0 Å². The number of benzene rings is 2. The van der Waals surface area contributed by atoms with Gasteiger partial charge in [-0.05, 0) is 47.5 Å². The average Bonchev–Trinajstić information content (AvgIpc) is 3.63. The number of nitrogens with one attached hydrogen (secondary N) is 3. The molecule has 0 bridgehead atoms. The fourth-order valence-corrected chi connectivity index (χ4v) is 4.88. The Morgan fingerprint density at radius 2 is 1.56 bits per heavy atom. The third-order valence-electron chi connectivity index (χ3n) is 6.86. The van der Waals surface area contributed by atoms with Crippen LogP contribution in [0.2, 0.25) is 0 Å². The summed E-state index contributed by atoms with van der Waals surface area (Å²) in [4.78, 5) is 21.1. The minimum absolute atomic E-state index is 0.169. The molecule has 200 valence electrons. The van der Waals surface area contributed by atoms with Crippen LogP contribution < -0.4 is 5.32 Å². The third kappa shape index (κ3) is 4.70. The van der Waals surface area contributed by atoms with Gasteiger partial charge in [0.05, 0.1) is 28.3 Å². The molecule has 5 aromatic heterocycles. The lowest BCUT2D eigenvalue weighted by Crippen LogP contribution is -2.12. The Morgan fingerprint density at radius 3 is 2.41 bits per heavy atom. The van der Waals surface area contributed by atoms with Crippen LogP contribution in [-0.2, 0) is 13.1 Å². The maximum Gasteiger partial charge on any atom is 0.161 e. The fraction of sp³-hybridized carbons (Fsp3) is 0.0645. The van der Waals surface area contributed by atoms with Gasteiger partial charge < -0.3 is 10.3 Å². The molecule has 0 atom stereocenters. The van der Waals surface area contributed by atoms with Crippen LogP contribution in [0, 0.1) is 11.6 Å². The number of nitrogens with zero attached hydrogens (tertiary/aromatic N) is 5. The molecule has 0 unspecified atom stereocenters. The van der Waals surface area contributed by atoms with Gasteiger partial charge in [-0.25, -0.2) is 13.8 Å². The highest BCUT2D eigenvalue weighted by atomic mass is 19.1. The van der Waals surface area contributed by atoms with Crippen molar-refractivity contribution in [1.29, 1.82) is 0 Å². The van der Waals surface area contributed by atoms with Crippen molar-refractivity contribution in [2.45, 2.75) is 13.1 Å². The molecule has 2 aromatic carbocycles. The van der Waals surface area contributed by atoms with Crippen LogP contribution in [0.5, 0.6) is 0 Å². The number of fused-ring (bicyclic) bond motifs is 2. The molecule has 0 fully saturated rings. The zero-order valence-electron chi connectivity index (χ0n) is 21.6. The first kappa shape index (κ1) is 24.7. The minimum atomic E-state index is -0.528. The van der Waals surface area contributed by atoms with Crippen LogP contribution in [-0.4, -0.2) is 35.1 Å². The molecule has 0 aliphatic rings. The van der Waals surface area contributed by atoms with Crippen molar-refractivity contribution in [3.63, 3.8) is 0 Å². The smallest absolute Gasteiger partial charge is 0.161 e. The highest BCUT2D eigenvalue weighted by molar-refractivity contribution is 5.97. The Kier molecular flexibility index (Phi) is 6.21. The van der Waals surface area contributed by atoms with E-state index in [1.807, 2.05) is 24.3 Å². The molecule has 0 saturated heterocycles. The second-order valence-corrected chi connectivity index (χ2v) is 9.60. The minimum Gasteiger partial charge on any atom is -0.336 e. The first-order valence-electron chi connectivity index (χ1n) is 13.0. The number of aromatic amines is 2. The Morgan fingerprint density at radius 1 is 0.732 bits per heavy atom. The normalized spacial score (nSPS) is 11.5. The van der Waals surface area contributed by atoms with Gasteiger partial charge in [-0.15, -0.1) is 0 Å². The van der Waals surface area contributed by atoms with Crippen molar-refractivity contribution in [1.82, 2.24) is 40.4 Å². The first-order chi connectivity index (χ1) is 20.1. The van der Waals surface area contributed by atoms with E-state index in [0.717, 1.165) is 5.56 Å². The van der Waals surface area contributed by atoms with Crippen molar-refractivity contribution in [3.8, 4) is 34.0 Å². The molecular formula is C31H22F2N8. The average molecular weight is 545 g/mol. The molecule has 0 amide bonds. The van der Waals surface area contributed by atoms with Gasteiger partial charge in [0.1, 0.15) is 22.7 Å². The SMILES string of the molecule is Fc1ccc(-c2nccc3[nH]c(-c4n[nH]c5cnc(-c6cncc(CNCc7ccccc7)c6)c(F)c45)nc23)cc1. The molecule has 0 aliphatic carbocycles. The largest absolute Gasteiger partial charge is 0.336 e. The van der Waals surface area contributed by atoms with E-state index >= 15 is 4.39 Å². The summed E-state index contributed by atoms with van der Waals surface area (Å²) in [5.74, 6) is -0.494. The molecule has 0 aliphatic heterocycles. The van der Waals surface area contributed by atoms with Crippen molar-refractivity contribution in [3.05, 3.63) is 114 Å². The highest BCUT2D eigenvalue weighted by Gasteiger charge is 2.21. The Balaban J connectivity index is 1.23. The van der Waals surface area contributed by atoms with E-state index in [2.05, 4.69) is 47.6 Å². The Hall–Kier alpha value is -5.35. The van der Waals surface area contributed by atoms with E-state index in [4.69, 9.17) is 4.98 Å². The van der Waals surface area contributed by atoms with Gasteiger partial charge in [-0.3, -0.25) is 20.1 Å². The molecule has 7 rings (SSSR count). The van der Waals surface area contributed by atoms with Crippen molar-refractivity contribution in [2.24, 2.45) is 0 Å². The lowest BCUT2D eigenvalue weighted by molar-refractivity contribution is 0.628. The Bertz CT molecular complexity index is 2000. The number of hydrogen-bond donors (Lipinski definition) is 3. The molecule has 41 heavy (non-hydrogen) atoms. The van der Waals surface area contributed by atoms with E-state index in [-0.39, 0.29) is 16.9 Å². The standard InChI is InChI=1S/C31H22F2N8/c32-22-8-6-20(7-9-22)28-29-23(10-11-36-28)38-31(39-29)30-25-24(40-41-30)17-37-27(26(25)33)21-12-19(15-35-16-21)14-34-13-18-4-2-1-3-5-18/h1-12,15-17,34H,13-14H2,(H,38,39)(H,40,41). The number of rotatable bonds is 7. The summed E-state index contributed by atoms with van der Waals surface area (Å²) in [6.45, 7) is 1.28. The number of imidazole rings is 1. The number of pyridine rings is 3. The predicted octanol–water partition coefficient (Wildman–Crippen LogP) is 6.19. The van der Waals surface area contributed by atoms with E-state index in [1.165, 1.54) is 17.7 Å². The van der Waals surface area contributed by atoms with Gasteiger partial charge in [-0.1, -0.05) is 30.3 Å². The number of halogens is 2. The van der Waals surface area contributed by atoms with Crippen molar-refractivity contribution >= 4 is 21.9 Å². The summed E-state index contributed by atoms with van der Waals surface area (Å²) >= 11 is 0. The quantitative estimate of drug-likeness (QED) is 0.221. The number of hydrogen-bond acceptors (Lipinski definition) is 6. The van der Waals surface area contributed by atoms with Gasteiger partial charge in [0.25, 0.3) is 0 Å². The van der Waals surface area contributed by atoms with Crippen molar-refractivity contribution in [2.75, 3.05) is 0 Å². The molecule has 0 spiro atoms. The molecule has 7 aromatic rings. The van der Waals surface area contributed by atoms with Crippen LogP contribution in [0.1, 0.15) is 11.1 Å². The molecule has 3 N–H and O–H groups in total. The van der Waals surface area contributed by atoms with E-state index < -0.39 is 5.82 Å². The van der Waals surface area contributed by atoms with Gasteiger partial charge in [-0.2, -0.15) is 5.10 Å². The van der Waals surface area contributed by atoms with Gasteiger partial charge >= 0.3 is 0 Å². The molecule has 10 heteroatoms. The number of H-pyrrole nitrogens is 2. The highest BCUT2D eigenvalue weighted by Crippen LogP contribution is 2.34. The van der Waals surface area contributed by atoms with E-state index in [1.54, 1.807) is 43.0 Å². The van der Waals surface area contributed by atoms with Crippen LogP contribution >= 0.6 is 0 Å². The summed E-state index contributed by atoms with van der Waals surface area (Å²) in [6, 6.07) is 19.8. The summed E-state index contributed by atoms with van der Waals surface area (Å²) in [7, 11) is 0. The van der Waals surface area contributed by atoms with Gasteiger partial charge in [0.15, 0.2) is 11.6 Å². The summed E-state index contributed by atoms with van der Waals surface area (Å²) in [5.41, 5.74) is 6.12. The monoisotopic (exact) mass is 544 g/mol. The summed E-state index contributed by atoms with van der Waals surface area (Å²) < 4.78 is 29.6. The Labute approximate surface area is 232 Å². The maximum absolute atomic E-state index is 16.1. The summed E-state index contributed by atoms with van der Waals surface area (Å²) in [5, 5.41) is 10.9. The van der Waals surface area contributed by atoms with Crippen molar-refractivity contribution < 1.29 is 8.78 Å². The first-order valence-corrected chi connectivity index (χ1v) is 13.0. The second kappa shape index (κ2) is 10.3. The van der Waals surface area contributed by atoms with Crippen LogP contribution in [0.15, 0.2) is 91.5 Å². The zero-order valence-corrected chi connectivity index (χ0v) is 21.6. The molecule has 5 heterocycles. The lowest BCUT2D eigenvalue weighted by Gasteiger charge is -2.08. The van der Waals surface area contributed by atoms with E-state index in [0.29, 0.717) is 58.0 Å². The molecule has 0 radical (unpaired) electrons. The maximum atomic E-state index is 16.1. The predicted molar refractivity (Wildman–Crippen MR) is 152 cm³/mol. The topological polar surface area (TPSA) is 108 Å². The second-order valence-electron chi connectivity index (χ2n) is 9.60. The third-order valence-corrected chi connectivity index (χ3v) is 6.86. The number of aromatic nitrogens is 7. The zero-order chi connectivity index (χ0) is 27.8. The molecule has 0 saturated carbocycles. The summed E-state index contributed by atoms with van der Waals surface area (Å²) in [6.07, 6.45) is 6.55. The van der Waals surface area contributed by atoms with Gasteiger partial charge in [0.2, 0.25) is 0 Å². The fourth-order valence-electron chi connectivity index (χ4n) is 4.88. The van der Waals surface area contributed by atoms with Crippen LogP contribution in [0.4, 0.5) is 8.78 Å². The van der Waals surface area contributed by atoms with Gasteiger partial charge in [0, 0.05) is 42.8 Å². The van der Waals surface area contributed by atoms with E-state index in [9.17, 15) is 4.39 Å². The lowest BCUT2D eigenvalue weighted by atomic mass is 10.1.